The fourth-order valence-electron chi connectivity index (χ4n) is 2.34. The van der Waals surface area contributed by atoms with E-state index in [0.29, 0.717) is 0 Å². The average Bonchev–Trinajstić information content (AvgIpc) is 3.00. The van der Waals surface area contributed by atoms with Gasteiger partial charge in [-0.05, 0) is 0 Å². The lowest BCUT2D eigenvalue weighted by Gasteiger charge is -2.09. The Labute approximate surface area is 129 Å². The maximum atomic E-state index is 11.6. The van der Waals surface area contributed by atoms with E-state index in [1.54, 1.807) is 4.57 Å². The molecule has 0 aliphatic rings. The summed E-state index contributed by atoms with van der Waals surface area (Å²) >= 11 is 0. The Hall–Kier alpha value is -2.88. The Morgan fingerprint density at radius 2 is 1.64 bits per heavy atom. The molecule has 1 aromatic heterocycles. The largest absolute Gasteiger partial charge is 0.468 e. The van der Waals surface area contributed by atoms with E-state index in [4.69, 9.17) is 4.74 Å². The van der Waals surface area contributed by atoms with Crippen molar-refractivity contribution in [1.29, 1.82) is 0 Å². The topological polar surface area (TPSA) is 44.1 Å². The number of hydrogen-bond donors (Lipinski definition) is 0. The molecule has 3 rings (SSSR count). The van der Waals surface area contributed by atoms with Crippen LogP contribution in [0, 0.1) is 6.33 Å². The normalized spacial score (nSPS) is 10.4. The smallest absolute Gasteiger partial charge is 0.325 e. The van der Waals surface area contributed by atoms with Gasteiger partial charge in [0.15, 0.2) is 6.33 Å². The predicted molar refractivity (Wildman–Crippen MR) is 84.0 cm³/mol. The van der Waals surface area contributed by atoms with Crippen LogP contribution in [0.4, 0.5) is 0 Å². The van der Waals surface area contributed by atoms with Gasteiger partial charge in [0, 0.05) is 11.1 Å². The third kappa shape index (κ3) is 2.76. The summed E-state index contributed by atoms with van der Waals surface area (Å²) in [6.07, 6.45) is 2.90. The van der Waals surface area contributed by atoms with Gasteiger partial charge in [0.05, 0.1) is 18.5 Å². The molecule has 0 saturated heterocycles. The minimum Gasteiger partial charge on any atom is -0.468 e. The number of nitrogens with zero attached hydrogens (tertiary/aromatic N) is 2. The molecule has 4 nitrogen and oxygen atoms in total. The molecule has 0 saturated carbocycles. The number of imidazole rings is 1. The van der Waals surface area contributed by atoms with Crippen molar-refractivity contribution in [2.75, 3.05) is 7.11 Å². The van der Waals surface area contributed by atoms with E-state index in [-0.39, 0.29) is 12.5 Å². The Bertz CT molecular complexity index is 764. The van der Waals surface area contributed by atoms with Crippen LogP contribution in [0.25, 0.3) is 22.5 Å². The monoisotopic (exact) mass is 291 g/mol. The Morgan fingerprint density at radius 3 is 2.23 bits per heavy atom. The van der Waals surface area contributed by atoms with Crippen molar-refractivity contribution >= 4 is 5.97 Å². The average molecular weight is 291 g/mol. The first-order valence-corrected chi connectivity index (χ1v) is 6.95. The number of aromatic nitrogens is 2. The van der Waals surface area contributed by atoms with Gasteiger partial charge in [-0.3, -0.25) is 4.79 Å². The second-order valence-corrected chi connectivity index (χ2v) is 4.80. The first-order chi connectivity index (χ1) is 10.8. The van der Waals surface area contributed by atoms with E-state index in [1.807, 2.05) is 60.7 Å². The highest BCUT2D eigenvalue weighted by molar-refractivity contribution is 5.80. The molecule has 0 amide bonds. The van der Waals surface area contributed by atoms with Gasteiger partial charge >= 0.3 is 5.97 Å². The molecule has 0 bridgehead atoms. The summed E-state index contributed by atoms with van der Waals surface area (Å²) in [5.41, 5.74) is 3.63. The highest BCUT2D eigenvalue weighted by atomic mass is 16.5. The summed E-state index contributed by atoms with van der Waals surface area (Å²) in [6.45, 7) is 0.0839. The van der Waals surface area contributed by atoms with Gasteiger partial charge in [-0.2, -0.15) is 0 Å². The number of esters is 1. The number of carbonyl (C=O) groups is 1. The summed E-state index contributed by atoms with van der Waals surface area (Å²) in [5, 5.41) is 0. The molecule has 0 aliphatic heterocycles. The summed E-state index contributed by atoms with van der Waals surface area (Å²) < 4.78 is 6.45. The van der Waals surface area contributed by atoms with Crippen LogP contribution in [0.5, 0.6) is 0 Å². The maximum absolute atomic E-state index is 11.6. The number of hydrogen-bond acceptors (Lipinski definition) is 3. The zero-order chi connectivity index (χ0) is 15.4. The fraction of sp³-hybridized carbons (Fsp3) is 0.111. The lowest BCUT2D eigenvalue weighted by atomic mass is 10.0. The summed E-state index contributed by atoms with van der Waals surface area (Å²) in [7, 11) is 1.37. The second kappa shape index (κ2) is 6.26. The molecule has 0 unspecified atom stereocenters. The number of methoxy groups -OCH3 is 1. The molecule has 22 heavy (non-hydrogen) atoms. The molecular formula is C18H15N2O2. The van der Waals surface area contributed by atoms with E-state index in [1.165, 1.54) is 7.11 Å². The van der Waals surface area contributed by atoms with E-state index < -0.39 is 0 Å². The molecule has 0 atom stereocenters. The van der Waals surface area contributed by atoms with Crippen LogP contribution in [0.15, 0.2) is 60.7 Å². The van der Waals surface area contributed by atoms with Gasteiger partial charge in [0.2, 0.25) is 0 Å². The summed E-state index contributed by atoms with van der Waals surface area (Å²) in [5.74, 6) is -0.328. The number of rotatable bonds is 4. The van der Waals surface area contributed by atoms with Crippen LogP contribution in [-0.2, 0) is 16.1 Å². The standard InChI is InChI=1S/C18H15N2O2/c1-22-16(21)12-20-13-19-17(14-8-4-2-5-9-14)18(20)15-10-6-3-7-11-15/h2-11H,12H2,1H3. The molecule has 1 radical (unpaired) electrons. The first-order valence-electron chi connectivity index (χ1n) is 6.95. The van der Waals surface area contributed by atoms with Gasteiger partial charge in [0.25, 0.3) is 0 Å². The minimum absolute atomic E-state index is 0.0839. The molecule has 1 heterocycles. The van der Waals surface area contributed by atoms with Gasteiger partial charge in [-0.25, -0.2) is 4.98 Å². The van der Waals surface area contributed by atoms with Crippen molar-refractivity contribution in [3.8, 4) is 22.5 Å². The van der Waals surface area contributed by atoms with Crippen LogP contribution in [-0.4, -0.2) is 22.6 Å². The quantitative estimate of drug-likeness (QED) is 0.693. The van der Waals surface area contributed by atoms with Crippen molar-refractivity contribution in [1.82, 2.24) is 9.55 Å². The van der Waals surface area contributed by atoms with Crippen LogP contribution >= 0.6 is 0 Å². The van der Waals surface area contributed by atoms with Crippen LogP contribution < -0.4 is 0 Å². The summed E-state index contributed by atoms with van der Waals surface area (Å²) in [6, 6.07) is 19.7. The van der Waals surface area contributed by atoms with Gasteiger partial charge < -0.3 is 9.30 Å². The highest BCUT2D eigenvalue weighted by Crippen LogP contribution is 2.30. The van der Waals surface area contributed by atoms with Crippen molar-refractivity contribution in [2.45, 2.75) is 6.54 Å². The SMILES string of the molecule is COC(=O)Cn1[c]nc(-c2ccccc2)c1-c1ccccc1. The predicted octanol–water partition coefficient (Wildman–Crippen LogP) is 3.19. The van der Waals surface area contributed by atoms with E-state index in [9.17, 15) is 4.79 Å². The van der Waals surface area contributed by atoms with E-state index in [2.05, 4.69) is 11.3 Å². The zero-order valence-corrected chi connectivity index (χ0v) is 12.2. The zero-order valence-electron chi connectivity index (χ0n) is 12.2. The molecule has 4 heteroatoms. The van der Waals surface area contributed by atoms with E-state index >= 15 is 0 Å². The maximum Gasteiger partial charge on any atom is 0.325 e. The third-order valence-corrected chi connectivity index (χ3v) is 3.39. The van der Waals surface area contributed by atoms with Gasteiger partial charge in [-0.1, -0.05) is 60.7 Å². The molecule has 0 spiro atoms. The van der Waals surface area contributed by atoms with Crippen molar-refractivity contribution in [2.24, 2.45) is 0 Å². The Morgan fingerprint density at radius 1 is 1.05 bits per heavy atom. The fourth-order valence-corrected chi connectivity index (χ4v) is 2.34. The molecule has 3 aromatic rings. The Balaban J connectivity index is 2.13. The Kier molecular flexibility index (Phi) is 4.01. The second-order valence-electron chi connectivity index (χ2n) is 4.80. The molecule has 0 aliphatic carbocycles. The van der Waals surface area contributed by atoms with Crippen molar-refractivity contribution in [3.63, 3.8) is 0 Å². The lowest BCUT2D eigenvalue weighted by Crippen LogP contribution is -2.12. The number of benzene rings is 2. The summed E-state index contributed by atoms with van der Waals surface area (Å²) in [4.78, 5) is 16.0. The highest BCUT2D eigenvalue weighted by Gasteiger charge is 2.17. The first kappa shape index (κ1) is 14.1. The molecular weight excluding hydrogens is 276 g/mol. The van der Waals surface area contributed by atoms with Crippen molar-refractivity contribution in [3.05, 3.63) is 67.0 Å². The minimum atomic E-state index is -0.328. The molecule has 2 aromatic carbocycles. The third-order valence-electron chi connectivity index (χ3n) is 3.39. The van der Waals surface area contributed by atoms with Gasteiger partial charge in [-0.15, -0.1) is 0 Å². The van der Waals surface area contributed by atoms with Crippen LogP contribution in [0.1, 0.15) is 0 Å². The van der Waals surface area contributed by atoms with Gasteiger partial charge in [0.1, 0.15) is 6.54 Å². The van der Waals surface area contributed by atoms with Crippen LogP contribution in [0.2, 0.25) is 0 Å². The molecule has 109 valence electrons. The molecule has 0 fully saturated rings. The number of carbonyl (C=O) groups excluding carboxylic acids is 1. The molecule has 0 N–H and O–H groups in total. The number of ether oxygens (including phenoxy) is 1. The van der Waals surface area contributed by atoms with E-state index in [0.717, 1.165) is 22.5 Å². The lowest BCUT2D eigenvalue weighted by molar-refractivity contribution is -0.141. The van der Waals surface area contributed by atoms with Crippen LogP contribution in [0.3, 0.4) is 0 Å². The van der Waals surface area contributed by atoms with Crippen molar-refractivity contribution < 1.29 is 9.53 Å².